The van der Waals surface area contributed by atoms with E-state index in [1.165, 1.54) is 12.1 Å². The first-order valence-electron chi connectivity index (χ1n) is 6.28. The number of carbonyl (C=O) groups excluding carboxylic acids is 1. The first-order chi connectivity index (χ1) is 9.50. The highest BCUT2D eigenvalue weighted by atomic mass is 32.2. The summed E-state index contributed by atoms with van der Waals surface area (Å²) in [6, 6.07) is 4.00. The summed E-state index contributed by atoms with van der Waals surface area (Å²) >= 11 is 0. The van der Waals surface area contributed by atoms with Crippen molar-refractivity contribution in [2.45, 2.75) is 25.9 Å². The van der Waals surface area contributed by atoms with Gasteiger partial charge in [0.25, 0.3) is 0 Å². The maximum atomic E-state index is 13.7. The second kappa shape index (κ2) is 6.50. The lowest BCUT2D eigenvalue weighted by molar-refractivity contribution is 0.1000. The van der Waals surface area contributed by atoms with Crippen molar-refractivity contribution >= 4 is 15.9 Å². The first kappa shape index (κ1) is 17.5. The van der Waals surface area contributed by atoms with Crippen molar-refractivity contribution in [2.75, 3.05) is 12.8 Å². The van der Waals surface area contributed by atoms with Gasteiger partial charge in [-0.2, -0.15) is 0 Å². The van der Waals surface area contributed by atoms with Crippen LogP contribution >= 0.6 is 0 Å². The van der Waals surface area contributed by atoms with E-state index in [-0.39, 0.29) is 12.1 Å². The Morgan fingerprint density at radius 2 is 2.00 bits per heavy atom. The SMILES string of the molecule is CC(C)(CNCc1ccc(C(N)=O)cc1F)NS(C)(=O)=O. The Bertz CT molecular complexity index is 630. The molecule has 0 spiro atoms. The molecule has 1 aromatic carbocycles. The summed E-state index contributed by atoms with van der Waals surface area (Å²) in [6.45, 7) is 3.96. The van der Waals surface area contributed by atoms with Crippen LogP contribution in [-0.2, 0) is 16.6 Å². The molecule has 1 rings (SSSR count). The normalized spacial score (nSPS) is 12.4. The Kier molecular flexibility index (Phi) is 5.43. The van der Waals surface area contributed by atoms with Gasteiger partial charge in [-0.05, 0) is 26.0 Å². The third kappa shape index (κ3) is 6.19. The molecule has 0 atom stereocenters. The van der Waals surface area contributed by atoms with Gasteiger partial charge in [0.05, 0.1) is 6.26 Å². The minimum Gasteiger partial charge on any atom is -0.366 e. The Labute approximate surface area is 124 Å². The van der Waals surface area contributed by atoms with Gasteiger partial charge in [-0.3, -0.25) is 4.79 Å². The molecule has 0 aromatic heterocycles. The van der Waals surface area contributed by atoms with Crippen LogP contribution in [0.2, 0.25) is 0 Å². The van der Waals surface area contributed by atoms with E-state index < -0.39 is 27.3 Å². The third-order valence-electron chi connectivity index (χ3n) is 2.68. The van der Waals surface area contributed by atoms with Crippen molar-refractivity contribution in [2.24, 2.45) is 5.73 Å². The zero-order valence-electron chi connectivity index (χ0n) is 12.2. The van der Waals surface area contributed by atoms with Gasteiger partial charge in [-0.25, -0.2) is 17.5 Å². The molecule has 21 heavy (non-hydrogen) atoms. The summed E-state index contributed by atoms with van der Waals surface area (Å²) in [7, 11) is -3.32. The van der Waals surface area contributed by atoms with E-state index >= 15 is 0 Å². The fourth-order valence-electron chi connectivity index (χ4n) is 1.89. The fraction of sp³-hybridized carbons (Fsp3) is 0.462. The average molecular weight is 317 g/mol. The molecule has 0 fully saturated rings. The van der Waals surface area contributed by atoms with Crippen molar-refractivity contribution < 1.29 is 17.6 Å². The fourth-order valence-corrected chi connectivity index (χ4v) is 2.97. The average Bonchev–Trinajstić information content (AvgIpc) is 2.27. The molecule has 0 aliphatic rings. The van der Waals surface area contributed by atoms with Crippen LogP contribution in [-0.4, -0.2) is 32.7 Å². The highest BCUT2D eigenvalue weighted by Crippen LogP contribution is 2.10. The number of nitrogens with one attached hydrogen (secondary N) is 2. The van der Waals surface area contributed by atoms with E-state index in [4.69, 9.17) is 5.73 Å². The molecule has 0 radical (unpaired) electrons. The van der Waals surface area contributed by atoms with Gasteiger partial charge >= 0.3 is 0 Å². The summed E-state index contributed by atoms with van der Waals surface area (Å²) < 4.78 is 38.6. The van der Waals surface area contributed by atoms with Gasteiger partial charge in [0.1, 0.15) is 5.82 Å². The highest BCUT2D eigenvalue weighted by molar-refractivity contribution is 7.88. The van der Waals surface area contributed by atoms with Gasteiger partial charge in [-0.1, -0.05) is 6.07 Å². The number of primary amides is 1. The quantitative estimate of drug-likeness (QED) is 0.675. The van der Waals surface area contributed by atoms with E-state index in [2.05, 4.69) is 10.0 Å². The van der Waals surface area contributed by atoms with Gasteiger partial charge in [0, 0.05) is 29.8 Å². The molecule has 118 valence electrons. The number of hydrogen-bond acceptors (Lipinski definition) is 4. The molecule has 4 N–H and O–H groups in total. The molecular weight excluding hydrogens is 297 g/mol. The lowest BCUT2D eigenvalue weighted by Gasteiger charge is -2.25. The second-order valence-electron chi connectivity index (χ2n) is 5.53. The Hall–Kier alpha value is -1.51. The van der Waals surface area contributed by atoms with E-state index in [9.17, 15) is 17.6 Å². The van der Waals surface area contributed by atoms with Gasteiger partial charge < -0.3 is 11.1 Å². The summed E-state index contributed by atoms with van der Waals surface area (Å²) in [6.07, 6.45) is 1.08. The molecule has 1 aromatic rings. The van der Waals surface area contributed by atoms with Gasteiger partial charge in [-0.15, -0.1) is 0 Å². The minimum atomic E-state index is -3.32. The van der Waals surface area contributed by atoms with E-state index in [0.29, 0.717) is 12.1 Å². The number of nitrogens with two attached hydrogens (primary N) is 1. The standard InChI is InChI=1S/C13H20FN3O3S/c1-13(2,17-21(3,19)20)8-16-7-10-5-4-9(12(15)18)6-11(10)14/h4-6,16-17H,7-8H2,1-3H3,(H2,15,18). The first-order valence-corrected chi connectivity index (χ1v) is 8.17. The van der Waals surface area contributed by atoms with Crippen LogP contribution in [0.15, 0.2) is 18.2 Å². The largest absolute Gasteiger partial charge is 0.366 e. The van der Waals surface area contributed by atoms with Gasteiger partial charge in [0.15, 0.2) is 0 Å². The van der Waals surface area contributed by atoms with Crippen molar-refractivity contribution in [3.05, 3.63) is 35.1 Å². The summed E-state index contributed by atoms with van der Waals surface area (Å²) in [5.74, 6) is -1.22. The van der Waals surface area contributed by atoms with Crippen LogP contribution in [0.3, 0.4) is 0 Å². The number of amides is 1. The van der Waals surface area contributed by atoms with Crippen LogP contribution in [0.25, 0.3) is 0 Å². The third-order valence-corrected chi connectivity index (χ3v) is 3.61. The topological polar surface area (TPSA) is 101 Å². The van der Waals surface area contributed by atoms with Crippen molar-refractivity contribution in [1.82, 2.24) is 10.0 Å². The number of sulfonamides is 1. The number of rotatable bonds is 7. The molecule has 0 saturated heterocycles. The molecule has 8 heteroatoms. The molecule has 0 heterocycles. The van der Waals surface area contributed by atoms with Crippen molar-refractivity contribution in [3.63, 3.8) is 0 Å². The van der Waals surface area contributed by atoms with Crippen LogP contribution in [0.1, 0.15) is 29.8 Å². The molecule has 0 unspecified atom stereocenters. The lowest BCUT2D eigenvalue weighted by atomic mass is 10.1. The van der Waals surface area contributed by atoms with Crippen LogP contribution in [0, 0.1) is 5.82 Å². The molecule has 1 amide bonds. The second-order valence-corrected chi connectivity index (χ2v) is 7.28. The molecule has 0 aliphatic heterocycles. The monoisotopic (exact) mass is 317 g/mol. The van der Waals surface area contributed by atoms with Gasteiger partial charge in [0.2, 0.25) is 15.9 Å². The van der Waals surface area contributed by atoms with Crippen LogP contribution < -0.4 is 15.8 Å². The summed E-state index contributed by atoms with van der Waals surface area (Å²) in [5.41, 5.74) is 4.84. The molecular formula is C13H20FN3O3S. The number of hydrogen-bond donors (Lipinski definition) is 3. The Morgan fingerprint density at radius 3 is 2.48 bits per heavy atom. The maximum absolute atomic E-state index is 13.7. The zero-order valence-corrected chi connectivity index (χ0v) is 13.1. The molecule has 0 saturated carbocycles. The van der Waals surface area contributed by atoms with E-state index in [1.54, 1.807) is 13.8 Å². The lowest BCUT2D eigenvalue weighted by Crippen LogP contribution is -2.49. The van der Waals surface area contributed by atoms with E-state index in [1.807, 2.05) is 0 Å². The number of carbonyl (C=O) groups is 1. The Morgan fingerprint density at radius 1 is 1.38 bits per heavy atom. The molecule has 0 bridgehead atoms. The zero-order chi connectivity index (χ0) is 16.3. The predicted octanol–water partition coefficient (Wildman–Crippen LogP) is 0.342. The maximum Gasteiger partial charge on any atom is 0.248 e. The molecule has 6 nitrogen and oxygen atoms in total. The number of halogens is 1. The smallest absolute Gasteiger partial charge is 0.248 e. The Balaban J connectivity index is 2.62. The summed E-state index contributed by atoms with van der Waals surface area (Å²) in [5, 5.41) is 2.97. The van der Waals surface area contributed by atoms with E-state index in [0.717, 1.165) is 12.3 Å². The van der Waals surface area contributed by atoms with Crippen LogP contribution in [0.4, 0.5) is 4.39 Å². The van der Waals surface area contributed by atoms with Crippen molar-refractivity contribution in [3.8, 4) is 0 Å². The predicted molar refractivity (Wildman–Crippen MR) is 78.7 cm³/mol. The highest BCUT2D eigenvalue weighted by Gasteiger charge is 2.21. The summed E-state index contributed by atoms with van der Waals surface area (Å²) in [4.78, 5) is 10.9. The minimum absolute atomic E-state index is 0.107. The van der Waals surface area contributed by atoms with Crippen LogP contribution in [0.5, 0.6) is 0 Å². The number of benzene rings is 1. The molecule has 0 aliphatic carbocycles. The van der Waals surface area contributed by atoms with Crippen molar-refractivity contribution in [1.29, 1.82) is 0 Å².